The van der Waals surface area contributed by atoms with E-state index in [1.807, 2.05) is 0 Å². The zero-order chi connectivity index (χ0) is 14.1. The first-order valence-corrected chi connectivity index (χ1v) is 8.77. The van der Waals surface area contributed by atoms with Crippen LogP contribution in [0.25, 0.3) is 0 Å². The topological polar surface area (TPSA) is 35.5 Å². The molecule has 0 amide bonds. The summed E-state index contributed by atoms with van der Waals surface area (Å²) < 4.78 is 0. The van der Waals surface area contributed by atoms with Crippen LogP contribution in [-0.2, 0) is 0 Å². The monoisotopic (exact) mass is 280 g/mol. The van der Waals surface area contributed by atoms with E-state index in [1.165, 1.54) is 51.7 Å². The minimum atomic E-state index is -0.122. The third-order valence-corrected chi connectivity index (χ3v) is 5.37. The lowest BCUT2D eigenvalue weighted by Gasteiger charge is -2.39. The maximum absolute atomic E-state index is 10.2. The summed E-state index contributed by atoms with van der Waals surface area (Å²) in [4.78, 5) is 2.70. The van der Waals surface area contributed by atoms with Gasteiger partial charge in [-0.3, -0.25) is 4.90 Å². The Morgan fingerprint density at radius 3 is 2.45 bits per heavy atom. The molecule has 0 aromatic carbocycles. The molecule has 1 aliphatic heterocycles. The Bertz CT molecular complexity index is 310. The van der Waals surface area contributed by atoms with Crippen LogP contribution in [0.4, 0.5) is 0 Å². The number of rotatable bonds is 7. The van der Waals surface area contributed by atoms with Crippen LogP contribution in [0.15, 0.2) is 0 Å². The molecule has 0 aromatic rings. The SMILES string of the molecule is CC(C)C(O)CC1CC(NCC2CC2)CN(C2CC2)C1. The van der Waals surface area contributed by atoms with Gasteiger partial charge < -0.3 is 10.4 Å². The fraction of sp³-hybridized carbons (Fsp3) is 1.00. The van der Waals surface area contributed by atoms with E-state index < -0.39 is 0 Å². The molecule has 3 heteroatoms. The van der Waals surface area contributed by atoms with Gasteiger partial charge in [0.2, 0.25) is 0 Å². The molecule has 1 saturated heterocycles. The number of aliphatic hydroxyl groups is 1. The molecule has 2 saturated carbocycles. The molecule has 3 aliphatic rings. The van der Waals surface area contributed by atoms with Crippen molar-refractivity contribution in [2.45, 2.75) is 70.6 Å². The summed E-state index contributed by atoms with van der Waals surface area (Å²) in [5.41, 5.74) is 0. The second-order valence-electron chi connectivity index (χ2n) is 7.88. The molecule has 0 radical (unpaired) electrons. The summed E-state index contributed by atoms with van der Waals surface area (Å²) in [5, 5.41) is 14.0. The second-order valence-corrected chi connectivity index (χ2v) is 7.88. The van der Waals surface area contributed by atoms with Crippen molar-refractivity contribution >= 4 is 0 Å². The fourth-order valence-electron chi connectivity index (χ4n) is 3.57. The Balaban J connectivity index is 1.51. The first-order valence-electron chi connectivity index (χ1n) is 8.77. The molecular formula is C17H32N2O. The molecule has 0 aromatic heterocycles. The summed E-state index contributed by atoms with van der Waals surface area (Å²) in [6, 6.07) is 1.52. The van der Waals surface area contributed by atoms with Gasteiger partial charge in [0.1, 0.15) is 0 Å². The highest BCUT2D eigenvalue weighted by molar-refractivity contribution is 4.93. The minimum Gasteiger partial charge on any atom is -0.393 e. The summed E-state index contributed by atoms with van der Waals surface area (Å²) in [6.07, 6.45) is 7.79. The van der Waals surface area contributed by atoms with Crippen LogP contribution in [0.3, 0.4) is 0 Å². The van der Waals surface area contributed by atoms with Crippen LogP contribution in [0.2, 0.25) is 0 Å². The highest BCUT2D eigenvalue weighted by Gasteiger charge is 2.37. The van der Waals surface area contributed by atoms with E-state index in [1.54, 1.807) is 0 Å². The number of nitrogens with zero attached hydrogens (tertiary/aromatic N) is 1. The minimum absolute atomic E-state index is 0.122. The largest absolute Gasteiger partial charge is 0.393 e. The number of likely N-dealkylation sites (tertiary alicyclic amines) is 1. The van der Waals surface area contributed by atoms with E-state index >= 15 is 0 Å². The number of hydrogen-bond donors (Lipinski definition) is 2. The predicted octanol–water partition coefficient (Wildman–Crippen LogP) is 2.25. The molecule has 3 rings (SSSR count). The lowest BCUT2D eigenvalue weighted by Crippen LogP contribution is -2.51. The van der Waals surface area contributed by atoms with E-state index in [2.05, 4.69) is 24.1 Å². The van der Waals surface area contributed by atoms with Gasteiger partial charge in [0.05, 0.1) is 6.10 Å². The smallest absolute Gasteiger partial charge is 0.0566 e. The van der Waals surface area contributed by atoms with Gasteiger partial charge in [-0.15, -0.1) is 0 Å². The van der Waals surface area contributed by atoms with Crippen molar-refractivity contribution in [3.05, 3.63) is 0 Å². The van der Waals surface area contributed by atoms with Crippen molar-refractivity contribution in [2.24, 2.45) is 17.8 Å². The average Bonchev–Trinajstić information content (AvgIpc) is 3.29. The van der Waals surface area contributed by atoms with Gasteiger partial charge in [-0.1, -0.05) is 13.8 Å². The van der Waals surface area contributed by atoms with Gasteiger partial charge in [0, 0.05) is 25.2 Å². The number of piperidine rings is 1. The van der Waals surface area contributed by atoms with Crippen molar-refractivity contribution in [1.29, 1.82) is 0 Å². The van der Waals surface area contributed by atoms with Crippen molar-refractivity contribution in [2.75, 3.05) is 19.6 Å². The number of aliphatic hydroxyl groups excluding tert-OH is 1. The van der Waals surface area contributed by atoms with Gasteiger partial charge in [-0.05, 0) is 62.8 Å². The van der Waals surface area contributed by atoms with Crippen molar-refractivity contribution < 1.29 is 5.11 Å². The lowest BCUT2D eigenvalue weighted by molar-refractivity contribution is 0.0591. The number of nitrogens with one attached hydrogen (secondary N) is 1. The third-order valence-electron chi connectivity index (χ3n) is 5.37. The lowest BCUT2D eigenvalue weighted by atomic mass is 9.86. The standard InChI is InChI=1S/C17H32N2O/c1-12(2)17(20)8-14-7-15(18-9-13-3-4-13)11-19(10-14)16-5-6-16/h12-18,20H,3-11H2,1-2H3. The van der Waals surface area contributed by atoms with E-state index in [0.29, 0.717) is 17.9 Å². The summed E-state index contributed by atoms with van der Waals surface area (Å²) in [7, 11) is 0. The van der Waals surface area contributed by atoms with Crippen molar-refractivity contribution in [1.82, 2.24) is 10.2 Å². The fourth-order valence-corrected chi connectivity index (χ4v) is 3.57. The van der Waals surface area contributed by atoms with Gasteiger partial charge in [-0.25, -0.2) is 0 Å². The molecule has 3 atom stereocenters. The molecule has 1 heterocycles. The van der Waals surface area contributed by atoms with Crippen LogP contribution < -0.4 is 5.32 Å². The van der Waals surface area contributed by atoms with Crippen molar-refractivity contribution in [3.63, 3.8) is 0 Å². The zero-order valence-corrected chi connectivity index (χ0v) is 13.2. The summed E-state index contributed by atoms with van der Waals surface area (Å²) in [5.74, 6) is 2.04. The molecule has 0 spiro atoms. The van der Waals surface area contributed by atoms with E-state index in [4.69, 9.17) is 0 Å². The van der Waals surface area contributed by atoms with Crippen LogP contribution in [0.5, 0.6) is 0 Å². The van der Waals surface area contributed by atoms with Crippen LogP contribution in [0.1, 0.15) is 52.4 Å². The summed E-state index contributed by atoms with van der Waals surface area (Å²) >= 11 is 0. The van der Waals surface area contributed by atoms with E-state index in [9.17, 15) is 5.11 Å². The van der Waals surface area contributed by atoms with Crippen molar-refractivity contribution in [3.8, 4) is 0 Å². The quantitative estimate of drug-likeness (QED) is 0.751. The maximum atomic E-state index is 10.2. The number of hydrogen-bond acceptors (Lipinski definition) is 3. The Labute approximate surface area is 124 Å². The predicted molar refractivity (Wildman–Crippen MR) is 82.7 cm³/mol. The molecule has 2 N–H and O–H groups in total. The first kappa shape index (κ1) is 14.8. The zero-order valence-electron chi connectivity index (χ0n) is 13.2. The van der Waals surface area contributed by atoms with Gasteiger partial charge in [0.15, 0.2) is 0 Å². The Kier molecular flexibility index (Phi) is 4.68. The third kappa shape index (κ3) is 4.19. The molecule has 0 bridgehead atoms. The average molecular weight is 280 g/mol. The van der Waals surface area contributed by atoms with Crippen LogP contribution in [-0.4, -0.2) is 47.8 Å². The maximum Gasteiger partial charge on any atom is 0.0566 e. The van der Waals surface area contributed by atoms with Gasteiger partial charge in [0.25, 0.3) is 0 Å². The highest BCUT2D eigenvalue weighted by atomic mass is 16.3. The van der Waals surface area contributed by atoms with Crippen LogP contribution in [0, 0.1) is 17.8 Å². The normalized spacial score (nSPS) is 33.6. The first-order chi connectivity index (χ1) is 9.61. The molecule has 3 fully saturated rings. The van der Waals surface area contributed by atoms with Gasteiger partial charge in [-0.2, -0.15) is 0 Å². The Hall–Kier alpha value is -0.120. The highest BCUT2D eigenvalue weighted by Crippen LogP contribution is 2.33. The second kappa shape index (κ2) is 6.33. The molecular weight excluding hydrogens is 248 g/mol. The molecule has 20 heavy (non-hydrogen) atoms. The van der Waals surface area contributed by atoms with E-state index in [0.717, 1.165) is 18.4 Å². The molecule has 3 nitrogen and oxygen atoms in total. The van der Waals surface area contributed by atoms with E-state index in [-0.39, 0.29) is 6.10 Å². The summed E-state index contributed by atoms with van der Waals surface area (Å²) in [6.45, 7) is 7.95. The molecule has 116 valence electrons. The Morgan fingerprint density at radius 1 is 1.10 bits per heavy atom. The Morgan fingerprint density at radius 2 is 1.85 bits per heavy atom. The van der Waals surface area contributed by atoms with Gasteiger partial charge >= 0.3 is 0 Å². The van der Waals surface area contributed by atoms with Crippen LogP contribution >= 0.6 is 0 Å². The molecule has 2 aliphatic carbocycles. The molecule has 3 unspecified atom stereocenters.